The van der Waals surface area contributed by atoms with Gasteiger partial charge in [0.1, 0.15) is 17.1 Å². The highest BCUT2D eigenvalue weighted by atomic mass is 16.5. The number of furan rings is 1. The Morgan fingerprint density at radius 1 is 1.22 bits per heavy atom. The van der Waals surface area contributed by atoms with E-state index in [1.807, 2.05) is 18.2 Å². The van der Waals surface area contributed by atoms with E-state index in [0.717, 1.165) is 34.7 Å². The number of hydrogen-bond acceptors (Lipinski definition) is 7. The normalized spacial score (nSPS) is 17.7. The van der Waals surface area contributed by atoms with Gasteiger partial charge in [-0.05, 0) is 25.1 Å². The molecule has 138 valence electrons. The van der Waals surface area contributed by atoms with Crippen LogP contribution < -0.4 is 9.64 Å². The van der Waals surface area contributed by atoms with E-state index in [0.29, 0.717) is 24.9 Å². The fourth-order valence-electron chi connectivity index (χ4n) is 3.48. The van der Waals surface area contributed by atoms with Gasteiger partial charge in [-0.3, -0.25) is 0 Å². The second kappa shape index (κ2) is 6.24. The van der Waals surface area contributed by atoms with Crippen LogP contribution in [0.15, 0.2) is 41.1 Å². The summed E-state index contributed by atoms with van der Waals surface area (Å²) in [6.45, 7) is 4.34. The van der Waals surface area contributed by atoms with Crippen LogP contribution in [-0.4, -0.2) is 52.5 Å². The highest BCUT2D eigenvalue weighted by molar-refractivity contribution is 5.92. The minimum atomic E-state index is 0.261. The van der Waals surface area contributed by atoms with Crippen molar-refractivity contribution in [2.45, 2.75) is 13.0 Å². The molecule has 0 saturated carbocycles. The summed E-state index contributed by atoms with van der Waals surface area (Å²) in [5.74, 6) is 2.12. The maximum atomic E-state index is 6.12. The number of rotatable bonds is 3. The molecule has 5 rings (SSSR count). The topological polar surface area (TPSA) is 77.9 Å². The molecule has 0 N–H and O–H groups in total. The van der Waals surface area contributed by atoms with Gasteiger partial charge < -0.3 is 18.8 Å². The minimum absolute atomic E-state index is 0.261. The van der Waals surface area contributed by atoms with Crippen molar-refractivity contribution in [1.82, 2.24) is 19.6 Å². The molecule has 27 heavy (non-hydrogen) atoms. The summed E-state index contributed by atoms with van der Waals surface area (Å²) >= 11 is 0. The molecule has 1 fully saturated rings. The largest absolute Gasteiger partial charge is 0.480 e. The van der Waals surface area contributed by atoms with E-state index in [4.69, 9.17) is 13.9 Å². The van der Waals surface area contributed by atoms with Gasteiger partial charge in [0.05, 0.1) is 37.9 Å². The fourth-order valence-corrected chi connectivity index (χ4v) is 3.48. The van der Waals surface area contributed by atoms with Crippen LogP contribution in [0.3, 0.4) is 0 Å². The summed E-state index contributed by atoms with van der Waals surface area (Å²) in [5.41, 5.74) is 2.28. The first kappa shape index (κ1) is 16.1. The third kappa shape index (κ3) is 2.60. The Bertz CT molecular complexity index is 1120. The maximum Gasteiger partial charge on any atom is 0.231 e. The van der Waals surface area contributed by atoms with Gasteiger partial charge in [0, 0.05) is 18.8 Å². The van der Waals surface area contributed by atoms with Crippen LogP contribution in [0.4, 0.5) is 5.82 Å². The molecule has 4 aromatic rings. The summed E-state index contributed by atoms with van der Waals surface area (Å²) in [6.07, 6.45) is 3.53. The molecule has 0 radical (unpaired) electrons. The summed E-state index contributed by atoms with van der Waals surface area (Å²) in [4.78, 5) is 11.3. The van der Waals surface area contributed by atoms with Crippen molar-refractivity contribution in [3.63, 3.8) is 0 Å². The Hall–Kier alpha value is -3.13. The first-order valence-corrected chi connectivity index (χ1v) is 8.86. The molecule has 0 bridgehead atoms. The maximum absolute atomic E-state index is 6.12. The van der Waals surface area contributed by atoms with Crippen molar-refractivity contribution >= 4 is 22.4 Å². The fraction of sp³-hybridized carbons (Fsp3) is 0.316. The van der Waals surface area contributed by atoms with E-state index in [2.05, 4.69) is 26.9 Å². The molecule has 5 heterocycles. The number of fused-ring (bicyclic) bond motifs is 2. The molecule has 8 nitrogen and oxygen atoms in total. The van der Waals surface area contributed by atoms with E-state index < -0.39 is 0 Å². The molecule has 0 spiro atoms. The predicted molar refractivity (Wildman–Crippen MR) is 100 cm³/mol. The van der Waals surface area contributed by atoms with Crippen molar-refractivity contribution in [2.24, 2.45) is 0 Å². The Kier molecular flexibility index (Phi) is 3.71. The van der Waals surface area contributed by atoms with Crippen LogP contribution in [0.2, 0.25) is 0 Å². The number of imidazole rings is 1. The van der Waals surface area contributed by atoms with Crippen LogP contribution in [-0.2, 0) is 4.74 Å². The van der Waals surface area contributed by atoms with E-state index in [1.165, 1.54) is 0 Å². The van der Waals surface area contributed by atoms with Gasteiger partial charge in [-0.1, -0.05) is 0 Å². The first-order valence-electron chi connectivity index (χ1n) is 8.86. The van der Waals surface area contributed by atoms with Crippen molar-refractivity contribution in [3.8, 4) is 17.3 Å². The lowest BCUT2D eigenvalue weighted by atomic mass is 10.2. The van der Waals surface area contributed by atoms with E-state index in [-0.39, 0.29) is 6.04 Å². The van der Waals surface area contributed by atoms with E-state index in [9.17, 15) is 0 Å². The van der Waals surface area contributed by atoms with Gasteiger partial charge in [-0.2, -0.15) is 0 Å². The summed E-state index contributed by atoms with van der Waals surface area (Å²) in [5, 5.41) is 5.43. The van der Waals surface area contributed by atoms with Gasteiger partial charge in [-0.25, -0.2) is 14.5 Å². The number of methoxy groups -OCH3 is 1. The second-order valence-electron chi connectivity index (χ2n) is 6.56. The number of aromatic nitrogens is 4. The average Bonchev–Trinajstić information content (AvgIpc) is 3.31. The van der Waals surface area contributed by atoms with Crippen LogP contribution in [0.25, 0.3) is 28.1 Å². The van der Waals surface area contributed by atoms with Crippen molar-refractivity contribution in [2.75, 3.05) is 31.8 Å². The molecular formula is C19H19N5O3. The van der Waals surface area contributed by atoms with Crippen LogP contribution >= 0.6 is 0 Å². The number of ether oxygens (including phenoxy) is 2. The monoisotopic (exact) mass is 365 g/mol. The number of morpholine rings is 1. The highest BCUT2D eigenvalue weighted by Crippen LogP contribution is 2.34. The molecule has 1 aliphatic rings. The van der Waals surface area contributed by atoms with Gasteiger partial charge in [0.15, 0.2) is 11.4 Å². The molecule has 0 aliphatic carbocycles. The van der Waals surface area contributed by atoms with Crippen molar-refractivity contribution in [3.05, 3.63) is 36.7 Å². The zero-order valence-corrected chi connectivity index (χ0v) is 15.1. The van der Waals surface area contributed by atoms with Gasteiger partial charge in [0.25, 0.3) is 0 Å². The van der Waals surface area contributed by atoms with Crippen LogP contribution in [0, 0.1) is 0 Å². The number of pyridine rings is 1. The SMILES string of the molecule is COc1ccc2ncc(-c3cc4c(N5CCOCC5C)nccc4o3)n2n1. The quantitative estimate of drug-likeness (QED) is 0.552. The zero-order chi connectivity index (χ0) is 18.4. The molecule has 1 aliphatic heterocycles. The Labute approximate surface area is 155 Å². The molecule has 1 unspecified atom stereocenters. The smallest absolute Gasteiger partial charge is 0.231 e. The summed E-state index contributed by atoms with van der Waals surface area (Å²) < 4.78 is 18.6. The lowest BCUT2D eigenvalue weighted by Gasteiger charge is -2.34. The van der Waals surface area contributed by atoms with E-state index in [1.54, 1.807) is 30.1 Å². The second-order valence-corrected chi connectivity index (χ2v) is 6.56. The van der Waals surface area contributed by atoms with Crippen molar-refractivity contribution in [1.29, 1.82) is 0 Å². The van der Waals surface area contributed by atoms with Crippen LogP contribution in [0.1, 0.15) is 6.92 Å². The Balaban J connectivity index is 1.64. The first-order chi connectivity index (χ1) is 13.2. The standard InChI is InChI=1S/C19H19N5O3/c1-12-11-26-8-7-23(12)19-13-9-16(27-15(13)5-6-20-19)14-10-21-17-3-4-18(25-2)22-24(14)17/h3-6,9-10,12H,7-8,11H2,1-2H3. The number of hydrogen-bond donors (Lipinski definition) is 0. The average molecular weight is 365 g/mol. The third-order valence-corrected chi connectivity index (χ3v) is 4.86. The Morgan fingerprint density at radius 2 is 2.15 bits per heavy atom. The van der Waals surface area contributed by atoms with Crippen LogP contribution in [0.5, 0.6) is 5.88 Å². The molecular weight excluding hydrogens is 346 g/mol. The molecule has 1 atom stereocenters. The molecule has 8 heteroatoms. The number of nitrogens with zero attached hydrogens (tertiary/aromatic N) is 5. The number of anilines is 1. The van der Waals surface area contributed by atoms with Gasteiger partial charge >= 0.3 is 0 Å². The predicted octanol–water partition coefficient (Wildman–Crippen LogP) is 2.77. The van der Waals surface area contributed by atoms with E-state index >= 15 is 0 Å². The lowest BCUT2D eigenvalue weighted by Crippen LogP contribution is -2.44. The highest BCUT2D eigenvalue weighted by Gasteiger charge is 2.24. The molecule has 1 saturated heterocycles. The zero-order valence-electron chi connectivity index (χ0n) is 15.1. The third-order valence-electron chi connectivity index (χ3n) is 4.86. The lowest BCUT2D eigenvalue weighted by molar-refractivity contribution is 0.0987. The molecule has 0 amide bonds. The van der Waals surface area contributed by atoms with Crippen molar-refractivity contribution < 1.29 is 13.9 Å². The molecule has 4 aromatic heterocycles. The minimum Gasteiger partial charge on any atom is -0.480 e. The van der Waals surface area contributed by atoms with Gasteiger partial charge in [0.2, 0.25) is 5.88 Å². The Morgan fingerprint density at radius 3 is 3.00 bits per heavy atom. The summed E-state index contributed by atoms with van der Waals surface area (Å²) in [7, 11) is 1.59. The molecule has 0 aromatic carbocycles. The summed E-state index contributed by atoms with van der Waals surface area (Å²) in [6, 6.07) is 7.79. The van der Waals surface area contributed by atoms with Gasteiger partial charge in [-0.15, -0.1) is 5.10 Å².